The van der Waals surface area contributed by atoms with Crippen LogP contribution in [-0.2, 0) is 11.2 Å². The molecule has 2 aliphatic rings. The highest BCUT2D eigenvalue weighted by Crippen LogP contribution is 2.51. The van der Waals surface area contributed by atoms with Gasteiger partial charge in [-0.25, -0.2) is 0 Å². The van der Waals surface area contributed by atoms with Crippen LogP contribution < -0.4 is 4.90 Å². The molecule has 0 N–H and O–H groups in total. The zero-order valence-corrected chi connectivity index (χ0v) is 13.6. The second-order valence-corrected chi connectivity index (χ2v) is 6.69. The Hall–Kier alpha value is -2.40. The molecule has 6 heteroatoms. The maximum atomic E-state index is 12.8. The topological polar surface area (TPSA) is 63.5 Å². The number of non-ortho nitro benzene ring substituents is 1. The molecule has 0 radical (unpaired) electrons. The fraction of sp³-hybridized carbons (Fsp3) is 0.278. The van der Waals surface area contributed by atoms with E-state index in [4.69, 9.17) is 11.6 Å². The summed E-state index contributed by atoms with van der Waals surface area (Å²) in [6.07, 6.45) is 1.47. The van der Waals surface area contributed by atoms with Crippen molar-refractivity contribution in [3.8, 4) is 0 Å². The third-order valence-electron chi connectivity index (χ3n) is 4.85. The Morgan fingerprint density at radius 1 is 1.25 bits per heavy atom. The van der Waals surface area contributed by atoms with Gasteiger partial charge in [0.05, 0.1) is 4.92 Å². The van der Waals surface area contributed by atoms with E-state index >= 15 is 0 Å². The number of benzene rings is 2. The van der Waals surface area contributed by atoms with Crippen molar-refractivity contribution in [2.24, 2.45) is 5.92 Å². The number of amides is 1. The van der Waals surface area contributed by atoms with Crippen LogP contribution in [-0.4, -0.2) is 17.4 Å². The van der Waals surface area contributed by atoms with E-state index in [1.807, 2.05) is 24.3 Å². The van der Waals surface area contributed by atoms with Gasteiger partial charge in [-0.3, -0.25) is 14.9 Å². The van der Waals surface area contributed by atoms with Gasteiger partial charge in [-0.2, -0.15) is 0 Å². The second-order valence-electron chi connectivity index (χ2n) is 6.28. The Labute approximate surface area is 144 Å². The van der Waals surface area contributed by atoms with Gasteiger partial charge < -0.3 is 4.90 Å². The number of rotatable bonds is 3. The summed E-state index contributed by atoms with van der Waals surface area (Å²) in [5, 5.41) is 11.6. The SMILES string of the molecule is O=C(C1CC1c1ccccc1Cl)N1CCc2cc([N+](=O)[O-])ccc21. The number of anilines is 1. The summed E-state index contributed by atoms with van der Waals surface area (Å²) in [5.74, 6) is 0.215. The maximum Gasteiger partial charge on any atom is 0.269 e. The van der Waals surface area contributed by atoms with E-state index in [0.29, 0.717) is 18.0 Å². The number of hydrogen-bond acceptors (Lipinski definition) is 3. The van der Waals surface area contributed by atoms with Gasteiger partial charge in [0, 0.05) is 35.3 Å². The maximum absolute atomic E-state index is 12.8. The quantitative estimate of drug-likeness (QED) is 0.627. The van der Waals surface area contributed by atoms with Crippen LogP contribution in [0.3, 0.4) is 0 Å². The first kappa shape index (κ1) is 15.1. The predicted octanol–water partition coefficient (Wildman–Crippen LogP) is 3.94. The number of halogens is 1. The predicted molar refractivity (Wildman–Crippen MR) is 91.5 cm³/mol. The molecule has 2 atom stereocenters. The smallest absolute Gasteiger partial charge is 0.269 e. The van der Waals surface area contributed by atoms with Crippen molar-refractivity contribution < 1.29 is 9.72 Å². The number of carbonyl (C=O) groups is 1. The first-order valence-electron chi connectivity index (χ1n) is 7.89. The minimum atomic E-state index is -0.404. The highest BCUT2D eigenvalue weighted by atomic mass is 35.5. The van der Waals surface area contributed by atoms with Crippen molar-refractivity contribution in [3.05, 3.63) is 68.7 Å². The second kappa shape index (κ2) is 5.60. The molecule has 1 amide bonds. The summed E-state index contributed by atoms with van der Waals surface area (Å²) in [5.41, 5.74) is 2.77. The van der Waals surface area contributed by atoms with E-state index in [9.17, 15) is 14.9 Å². The number of nitrogens with zero attached hydrogens (tertiary/aromatic N) is 2. The van der Waals surface area contributed by atoms with Gasteiger partial charge in [0.25, 0.3) is 5.69 Å². The van der Waals surface area contributed by atoms with E-state index < -0.39 is 4.92 Å². The first-order valence-corrected chi connectivity index (χ1v) is 8.27. The standard InChI is InChI=1S/C18H15ClN2O3/c19-16-4-2-1-3-13(16)14-10-15(14)18(22)20-8-7-11-9-12(21(23)24)5-6-17(11)20/h1-6,9,14-15H,7-8,10H2. The minimum absolute atomic E-state index is 0.0500. The molecular weight excluding hydrogens is 328 g/mol. The van der Waals surface area contributed by atoms with Crippen molar-refractivity contribution in [1.29, 1.82) is 0 Å². The molecule has 0 bridgehead atoms. The molecule has 5 nitrogen and oxygen atoms in total. The summed E-state index contributed by atoms with van der Waals surface area (Å²) in [7, 11) is 0. The van der Waals surface area contributed by atoms with Crippen LogP contribution in [0.5, 0.6) is 0 Å². The Balaban J connectivity index is 1.54. The molecule has 1 heterocycles. The number of fused-ring (bicyclic) bond motifs is 1. The van der Waals surface area contributed by atoms with E-state index in [0.717, 1.165) is 23.2 Å². The van der Waals surface area contributed by atoms with E-state index in [2.05, 4.69) is 0 Å². The van der Waals surface area contributed by atoms with E-state index in [-0.39, 0.29) is 23.4 Å². The number of carbonyl (C=O) groups excluding carboxylic acids is 1. The molecule has 0 spiro atoms. The summed E-state index contributed by atoms with van der Waals surface area (Å²) in [6.45, 7) is 0.584. The van der Waals surface area contributed by atoms with Crippen molar-refractivity contribution in [1.82, 2.24) is 0 Å². The van der Waals surface area contributed by atoms with E-state index in [1.54, 1.807) is 17.0 Å². The Morgan fingerprint density at radius 2 is 2.04 bits per heavy atom. The van der Waals surface area contributed by atoms with Gasteiger partial charge in [-0.1, -0.05) is 29.8 Å². The Bertz CT molecular complexity index is 852. The highest BCUT2D eigenvalue weighted by molar-refractivity contribution is 6.31. The summed E-state index contributed by atoms with van der Waals surface area (Å²) in [4.78, 5) is 25.1. The Kier molecular flexibility index (Phi) is 3.53. The zero-order valence-electron chi connectivity index (χ0n) is 12.8. The molecule has 1 fully saturated rings. The van der Waals surface area contributed by atoms with Gasteiger partial charge in [0.15, 0.2) is 0 Å². The van der Waals surface area contributed by atoms with Gasteiger partial charge >= 0.3 is 0 Å². The zero-order chi connectivity index (χ0) is 16.8. The van der Waals surface area contributed by atoms with Crippen LogP contribution in [0.15, 0.2) is 42.5 Å². The van der Waals surface area contributed by atoms with Gasteiger partial charge in [0.2, 0.25) is 5.91 Å². The van der Waals surface area contributed by atoms with Crippen LogP contribution in [0.2, 0.25) is 5.02 Å². The molecule has 0 aromatic heterocycles. The van der Waals surface area contributed by atoms with Gasteiger partial charge in [-0.05, 0) is 42.0 Å². The van der Waals surface area contributed by atoms with Crippen molar-refractivity contribution in [2.75, 3.05) is 11.4 Å². The van der Waals surface area contributed by atoms with E-state index in [1.165, 1.54) is 6.07 Å². The molecule has 122 valence electrons. The lowest BCUT2D eigenvalue weighted by molar-refractivity contribution is -0.384. The number of nitro benzene ring substituents is 1. The van der Waals surface area contributed by atoms with Crippen LogP contribution in [0.4, 0.5) is 11.4 Å². The number of nitro groups is 1. The molecule has 1 aliphatic heterocycles. The number of hydrogen-bond donors (Lipinski definition) is 0. The van der Waals surface area contributed by atoms with Gasteiger partial charge in [-0.15, -0.1) is 0 Å². The molecule has 4 rings (SSSR count). The lowest BCUT2D eigenvalue weighted by atomic mass is 10.1. The monoisotopic (exact) mass is 342 g/mol. The van der Waals surface area contributed by atoms with Crippen molar-refractivity contribution in [3.63, 3.8) is 0 Å². The summed E-state index contributed by atoms with van der Waals surface area (Å²) in [6, 6.07) is 12.4. The average Bonchev–Trinajstić information content (AvgIpc) is 3.25. The molecule has 24 heavy (non-hydrogen) atoms. The molecule has 2 unspecified atom stereocenters. The fourth-order valence-corrected chi connectivity index (χ4v) is 3.79. The van der Waals surface area contributed by atoms with Crippen LogP contribution in [0.1, 0.15) is 23.5 Å². The van der Waals surface area contributed by atoms with Crippen LogP contribution in [0, 0.1) is 16.0 Å². The van der Waals surface area contributed by atoms with Crippen LogP contribution >= 0.6 is 11.6 Å². The fourth-order valence-electron chi connectivity index (χ4n) is 3.52. The first-order chi connectivity index (χ1) is 11.6. The van der Waals surface area contributed by atoms with Crippen molar-refractivity contribution in [2.45, 2.75) is 18.8 Å². The lowest BCUT2D eigenvalue weighted by Gasteiger charge is -2.17. The molecule has 2 aromatic rings. The normalized spacial score (nSPS) is 21.5. The largest absolute Gasteiger partial charge is 0.312 e. The highest BCUT2D eigenvalue weighted by Gasteiger charge is 2.47. The molecular formula is C18H15ClN2O3. The van der Waals surface area contributed by atoms with Crippen LogP contribution in [0.25, 0.3) is 0 Å². The molecule has 1 aliphatic carbocycles. The molecule has 1 saturated carbocycles. The third kappa shape index (κ3) is 2.45. The van der Waals surface area contributed by atoms with Crippen molar-refractivity contribution >= 4 is 28.9 Å². The molecule has 0 saturated heterocycles. The average molecular weight is 343 g/mol. The lowest BCUT2D eigenvalue weighted by Crippen LogP contribution is -2.30. The third-order valence-corrected chi connectivity index (χ3v) is 5.19. The Morgan fingerprint density at radius 3 is 2.79 bits per heavy atom. The summed E-state index contributed by atoms with van der Waals surface area (Å²) >= 11 is 6.23. The molecule has 2 aromatic carbocycles. The summed E-state index contributed by atoms with van der Waals surface area (Å²) < 4.78 is 0. The minimum Gasteiger partial charge on any atom is -0.312 e. The van der Waals surface area contributed by atoms with Gasteiger partial charge in [0.1, 0.15) is 0 Å².